The Morgan fingerprint density at radius 1 is 1.39 bits per heavy atom. The highest BCUT2D eigenvalue weighted by Crippen LogP contribution is 2.50. The summed E-state index contributed by atoms with van der Waals surface area (Å²) in [6, 6.07) is 10.4. The molecule has 1 fully saturated rings. The molecule has 1 aliphatic rings. The summed E-state index contributed by atoms with van der Waals surface area (Å²) in [4.78, 5) is 11.7. The van der Waals surface area contributed by atoms with E-state index < -0.39 is 0 Å². The van der Waals surface area contributed by atoms with E-state index in [0.29, 0.717) is 18.4 Å². The van der Waals surface area contributed by atoms with Gasteiger partial charge in [-0.05, 0) is 37.2 Å². The van der Waals surface area contributed by atoms with Gasteiger partial charge in [0.2, 0.25) is 0 Å². The summed E-state index contributed by atoms with van der Waals surface area (Å²) in [6.07, 6.45) is 3.95. The SMILES string of the molecule is C=C[C@@H]1[C@@H](CCc2ccccc2)[C@H]1C(=O)OCC. The van der Waals surface area contributed by atoms with Crippen LogP contribution < -0.4 is 0 Å². The molecule has 0 radical (unpaired) electrons. The summed E-state index contributed by atoms with van der Waals surface area (Å²) in [6.45, 7) is 6.13. The van der Waals surface area contributed by atoms with Crippen molar-refractivity contribution in [2.24, 2.45) is 17.8 Å². The fourth-order valence-corrected chi connectivity index (χ4v) is 2.64. The summed E-state index contributed by atoms with van der Waals surface area (Å²) in [7, 11) is 0. The van der Waals surface area contributed by atoms with Crippen LogP contribution in [-0.2, 0) is 16.0 Å². The molecule has 1 aromatic carbocycles. The van der Waals surface area contributed by atoms with Crippen molar-refractivity contribution in [2.75, 3.05) is 6.61 Å². The molecule has 0 saturated heterocycles. The minimum absolute atomic E-state index is 0.0474. The molecule has 1 aliphatic carbocycles. The van der Waals surface area contributed by atoms with E-state index in [4.69, 9.17) is 4.74 Å². The van der Waals surface area contributed by atoms with Crippen LogP contribution in [0.1, 0.15) is 18.9 Å². The van der Waals surface area contributed by atoms with Gasteiger partial charge in [-0.25, -0.2) is 0 Å². The molecule has 0 spiro atoms. The van der Waals surface area contributed by atoms with Gasteiger partial charge in [-0.1, -0.05) is 36.4 Å². The van der Waals surface area contributed by atoms with Gasteiger partial charge in [-0.15, -0.1) is 6.58 Å². The topological polar surface area (TPSA) is 26.3 Å². The van der Waals surface area contributed by atoms with E-state index in [2.05, 4.69) is 30.8 Å². The van der Waals surface area contributed by atoms with Crippen LogP contribution in [0.5, 0.6) is 0 Å². The van der Waals surface area contributed by atoms with Crippen molar-refractivity contribution in [3.63, 3.8) is 0 Å². The Bertz CT molecular complexity index is 410. The zero-order valence-electron chi connectivity index (χ0n) is 10.8. The predicted molar refractivity (Wildman–Crippen MR) is 72.1 cm³/mol. The van der Waals surface area contributed by atoms with Crippen molar-refractivity contribution in [2.45, 2.75) is 19.8 Å². The Labute approximate surface area is 109 Å². The molecule has 0 unspecified atom stereocenters. The molecule has 1 saturated carbocycles. The molecule has 0 heterocycles. The van der Waals surface area contributed by atoms with E-state index >= 15 is 0 Å². The molecule has 0 aromatic heterocycles. The molecule has 96 valence electrons. The first-order chi connectivity index (χ1) is 8.77. The van der Waals surface area contributed by atoms with Gasteiger partial charge in [0.05, 0.1) is 12.5 Å². The molecule has 1 aromatic rings. The normalized spacial score (nSPS) is 25.5. The van der Waals surface area contributed by atoms with E-state index in [9.17, 15) is 4.79 Å². The zero-order valence-corrected chi connectivity index (χ0v) is 10.8. The van der Waals surface area contributed by atoms with Crippen molar-refractivity contribution in [1.29, 1.82) is 0 Å². The third kappa shape index (κ3) is 2.81. The smallest absolute Gasteiger partial charge is 0.309 e. The quantitative estimate of drug-likeness (QED) is 0.567. The Morgan fingerprint density at radius 2 is 2.11 bits per heavy atom. The van der Waals surface area contributed by atoms with Gasteiger partial charge in [0.25, 0.3) is 0 Å². The number of allylic oxidation sites excluding steroid dienone is 1. The van der Waals surface area contributed by atoms with Crippen LogP contribution in [0, 0.1) is 17.8 Å². The predicted octanol–water partition coefficient (Wildman–Crippen LogP) is 3.23. The van der Waals surface area contributed by atoms with E-state index in [1.165, 1.54) is 5.56 Å². The first-order valence-electron chi connectivity index (χ1n) is 6.61. The van der Waals surface area contributed by atoms with Gasteiger partial charge in [-0.3, -0.25) is 4.79 Å². The molecule has 2 rings (SSSR count). The first kappa shape index (κ1) is 12.9. The van der Waals surface area contributed by atoms with E-state index in [1.54, 1.807) is 0 Å². The number of esters is 1. The fourth-order valence-electron chi connectivity index (χ4n) is 2.64. The molecule has 3 atom stereocenters. The van der Waals surface area contributed by atoms with Gasteiger partial charge in [0.1, 0.15) is 0 Å². The summed E-state index contributed by atoms with van der Waals surface area (Å²) < 4.78 is 5.09. The third-order valence-electron chi connectivity index (χ3n) is 3.67. The number of ether oxygens (including phenoxy) is 1. The summed E-state index contributed by atoms with van der Waals surface area (Å²) in [5, 5.41) is 0. The standard InChI is InChI=1S/C16H20O2/c1-3-13-14(15(13)16(17)18-4-2)11-10-12-8-6-5-7-9-12/h3,5-9,13-15H,1,4,10-11H2,2H3/t13-,14-,15+/m1/s1. The molecule has 2 heteroatoms. The maximum atomic E-state index is 11.7. The highest BCUT2D eigenvalue weighted by atomic mass is 16.5. The second-order valence-corrected chi connectivity index (χ2v) is 4.78. The summed E-state index contributed by atoms with van der Waals surface area (Å²) >= 11 is 0. The Morgan fingerprint density at radius 3 is 2.72 bits per heavy atom. The van der Waals surface area contributed by atoms with E-state index in [-0.39, 0.29) is 11.9 Å². The Balaban J connectivity index is 1.86. The maximum Gasteiger partial charge on any atom is 0.309 e. The Kier molecular flexibility index (Phi) is 4.19. The molecule has 0 N–H and O–H groups in total. The lowest BCUT2D eigenvalue weighted by atomic mass is 10.1. The maximum absolute atomic E-state index is 11.7. The van der Waals surface area contributed by atoms with Crippen LogP contribution in [0.4, 0.5) is 0 Å². The van der Waals surface area contributed by atoms with Crippen molar-refractivity contribution in [3.8, 4) is 0 Å². The number of benzene rings is 1. The number of carbonyl (C=O) groups excluding carboxylic acids is 1. The van der Waals surface area contributed by atoms with Crippen molar-refractivity contribution in [3.05, 3.63) is 48.6 Å². The number of carbonyl (C=O) groups is 1. The zero-order chi connectivity index (χ0) is 13.0. The van der Waals surface area contributed by atoms with Crippen LogP contribution in [0.25, 0.3) is 0 Å². The average molecular weight is 244 g/mol. The molecular weight excluding hydrogens is 224 g/mol. The van der Waals surface area contributed by atoms with Crippen molar-refractivity contribution < 1.29 is 9.53 Å². The summed E-state index contributed by atoms with van der Waals surface area (Å²) in [5.74, 6) is 0.723. The molecule has 18 heavy (non-hydrogen) atoms. The van der Waals surface area contributed by atoms with Gasteiger partial charge in [-0.2, -0.15) is 0 Å². The number of hydrogen-bond donors (Lipinski definition) is 0. The second kappa shape index (κ2) is 5.85. The molecule has 0 amide bonds. The largest absolute Gasteiger partial charge is 0.466 e. The number of aryl methyl sites for hydroxylation is 1. The Hall–Kier alpha value is -1.57. The van der Waals surface area contributed by atoms with Crippen molar-refractivity contribution in [1.82, 2.24) is 0 Å². The second-order valence-electron chi connectivity index (χ2n) is 4.78. The van der Waals surface area contributed by atoms with Gasteiger partial charge >= 0.3 is 5.97 Å². The van der Waals surface area contributed by atoms with Crippen LogP contribution >= 0.6 is 0 Å². The van der Waals surface area contributed by atoms with Crippen LogP contribution in [0.2, 0.25) is 0 Å². The van der Waals surface area contributed by atoms with E-state index in [0.717, 1.165) is 12.8 Å². The molecule has 0 aliphatic heterocycles. The van der Waals surface area contributed by atoms with E-state index in [1.807, 2.05) is 19.1 Å². The lowest BCUT2D eigenvalue weighted by Gasteiger charge is -2.01. The first-order valence-corrected chi connectivity index (χ1v) is 6.61. The van der Waals surface area contributed by atoms with Gasteiger partial charge < -0.3 is 4.74 Å². The van der Waals surface area contributed by atoms with Crippen LogP contribution in [0.15, 0.2) is 43.0 Å². The molecule has 0 bridgehead atoms. The summed E-state index contributed by atoms with van der Waals surface area (Å²) in [5.41, 5.74) is 1.33. The minimum Gasteiger partial charge on any atom is -0.466 e. The lowest BCUT2D eigenvalue weighted by Crippen LogP contribution is -2.08. The number of hydrogen-bond acceptors (Lipinski definition) is 2. The third-order valence-corrected chi connectivity index (χ3v) is 3.67. The monoisotopic (exact) mass is 244 g/mol. The highest BCUT2D eigenvalue weighted by Gasteiger charge is 2.53. The van der Waals surface area contributed by atoms with Crippen LogP contribution in [-0.4, -0.2) is 12.6 Å². The lowest BCUT2D eigenvalue weighted by molar-refractivity contribution is -0.145. The highest BCUT2D eigenvalue weighted by molar-refractivity contribution is 5.77. The van der Waals surface area contributed by atoms with Crippen LogP contribution in [0.3, 0.4) is 0 Å². The minimum atomic E-state index is -0.0551. The molecule has 2 nitrogen and oxygen atoms in total. The molecular formula is C16H20O2. The number of rotatable bonds is 6. The van der Waals surface area contributed by atoms with Crippen molar-refractivity contribution >= 4 is 5.97 Å². The fraction of sp³-hybridized carbons (Fsp3) is 0.438. The van der Waals surface area contributed by atoms with Gasteiger partial charge in [0, 0.05) is 0 Å². The van der Waals surface area contributed by atoms with Gasteiger partial charge in [0.15, 0.2) is 0 Å². The average Bonchev–Trinajstić information content (AvgIpc) is 3.11.